The molecule has 3 aromatic rings. The number of carbonyl (C=O) groups excluding carboxylic acids is 1. The van der Waals surface area contributed by atoms with Gasteiger partial charge in [-0.3, -0.25) is 4.79 Å². The Labute approximate surface area is 165 Å². The van der Waals surface area contributed by atoms with Gasteiger partial charge in [-0.1, -0.05) is 49.4 Å². The Balaban J connectivity index is 1.44. The van der Waals surface area contributed by atoms with Crippen LogP contribution in [0.1, 0.15) is 44.6 Å². The predicted molar refractivity (Wildman–Crippen MR) is 115 cm³/mol. The third-order valence-corrected chi connectivity index (χ3v) is 6.76. The van der Waals surface area contributed by atoms with Gasteiger partial charge in [0.2, 0.25) is 0 Å². The average Bonchev–Trinajstić information content (AvgIpc) is 3.15. The van der Waals surface area contributed by atoms with E-state index in [-0.39, 0.29) is 11.6 Å². The normalized spacial score (nSPS) is 16.0. The molecule has 2 nitrogen and oxygen atoms in total. The largest absolute Gasteiger partial charge is 0.458 e. The first-order valence-electron chi connectivity index (χ1n) is 9.89. The lowest BCUT2D eigenvalue weighted by Gasteiger charge is -2.27. The zero-order valence-corrected chi connectivity index (χ0v) is 16.7. The van der Waals surface area contributed by atoms with Gasteiger partial charge in [0, 0.05) is 5.75 Å². The molecule has 4 rings (SSSR count). The fourth-order valence-electron chi connectivity index (χ4n) is 4.22. The SMILES string of the molecule is CCC1(OC(=O)CSCc2cccc3cc4ccccc4cc23)CCCC1. The summed E-state index contributed by atoms with van der Waals surface area (Å²) in [6, 6.07) is 19.4. The molecule has 0 bridgehead atoms. The van der Waals surface area contributed by atoms with Gasteiger partial charge in [0.25, 0.3) is 0 Å². The number of benzene rings is 3. The van der Waals surface area contributed by atoms with Crippen molar-refractivity contribution in [2.45, 2.75) is 50.4 Å². The Hall–Kier alpha value is -2.00. The maximum Gasteiger partial charge on any atom is 0.316 e. The molecule has 0 aliphatic heterocycles. The summed E-state index contributed by atoms with van der Waals surface area (Å²) < 4.78 is 5.87. The van der Waals surface area contributed by atoms with Crippen molar-refractivity contribution in [2.24, 2.45) is 0 Å². The van der Waals surface area contributed by atoms with Gasteiger partial charge in [-0.2, -0.15) is 0 Å². The minimum Gasteiger partial charge on any atom is -0.458 e. The molecule has 0 aromatic heterocycles. The highest BCUT2D eigenvalue weighted by molar-refractivity contribution is 7.99. The Morgan fingerprint density at radius 3 is 2.44 bits per heavy atom. The average molecular weight is 379 g/mol. The van der Waals surface area contributed by atoms with Crippen molar-refractivity contribution in [3.63, 3.8) is 0 Å². The molecule has 0 N–H and O–H groups in total. The number of fused-ring (bicyclic) bond motifs is 2. The first kappa shape index (κ1) is 18.4. The van der Waals surface area contributed by atoms with E-state index in [1.54, 1.807) is 11.8 Å². The van der Waals surface area contributed by atoms with Crippen molar-refractivity contribution in [3.8, 4) is 0 Å². The van der Waals surface area contributed by atoms with Crippen LogP contribution in [0.2, 0.25) is 0 Å². The molecule has 27 heavy (non-hydrogen) atoms. The maximum absolute atomic E-state index is 12.3. The quantitative estimate of drug-likeness (QED) is 0.362. The molecule has 1 aliphatic carbocycles. The summed E-state index contributed by atoms with van der Waals surface area (Å²) in [6.45, 7) is 2.13. The Bertz CT molecular complexity index is 957. The van der Waals surface area contributed by atoms with Crippen LogP contribution in [-0.2, 0) is 15.3 Å². The van der Waals surface area contributed by atoms with Gasteiger partial charge in [-0.15, -0.1) is 11.8 Å². The molecule has 0 spiro atoms. The second kappa shape index (κ2) is 7.93. The van der Waals surface area contributed by atoms with Crippen LogP contribution >= 0.6 is 11.8 Å². The second-order valence-corrected chi connectivity index (χ2v) is 8.53. The zero-order valence-electron chi connectivity index (χ0n) is 15.9. The smallest absolute Gasteiger partial charge is 0.316 e. The predicted octanol–water partition coefficient (Wildman–Crippen LogP) is 6.49. The van der Waals surface area contributed by atoms with E-state index in [4.69, 9.17) is 4.74 Å². The molecule has 0 atom stereocenters. The lowest BCUT2D eigenvalue weighted by atomic mass is 9.99. The van der Waals surface area contributed by atoms with Crippen LogP contribution < -0.4 is 0 Å². The Morgan fingerprint density at radius 2 is 1.70 bits per heavy atom. The van der Waals surface area contributed by atoms with Crippen molar-refractivity contribution in [3.05, 3.63) is 60.2 Å². The summed E-state index contributed by atoms with van der Waals surface area (Å²) in [7, 11) is 0. The van der Waals surface area contributed by atoms with Gasteiger partial charge >= 0.3 is 5.97 Å². The standard InChI is InChI=1S/C24H26O2S/c1-2-24(12-5-6-13-24)26-23(25)17-27-16-21-11-7-10-20-14-18-8-3-4-9-19(18)15-22(20)21/h3-4,7-11,14-15H,2,5-6,12-13,16-17H2,1H3. The first-order chi connectivity index (χ1) is 13.2. The Kier molecular flexibility index (Phi) is 5.40. The maximum atomic E-state index is 12.3. The van der Waals surface area contributed by atoms with Gasteiger partial charge in [-0.05, 0) is 71.3 Å². The number of thioether (sulfide) groups is 1. The van der Waals surface area contributed by atoms with E-state index >= 15 is 0 Å². The molecule has 1 saturated carbocycles. The van der Waals surface area contributed by atoms with E-state index < -0.39 is 0 Å². The summed E-state index contributed by atoms with van der Waals surface area (Å²) in [4.78, 5) is 12.3. The fourth-order valence-corrected chi connectivity index (χ4v) is 5.02. The van der Waals surface area contributed by atoms with Crippen LogP contribution in [0.15, 0.2) is 54.6 Å². The number of carbonyl (C=O) groups is 1. The summed E-state index contributed by atoms with van der Waals surface area (Å²) in [5, 5.41) is 5.05. The van der Waals surface area contributed by atoms with Gasteiger partial charge in [0.1, 0.15) is 5.60 Å². The highest BCUT2D eigenvalue weighted by Gasteiger charge is 2.35. The van der Waals surface area contributed by atoms with E-state index in [0.717, 1.165) is 25.0 Å². The molecule has 1 fully saturated rings. The lowest BCUT2D eigenvalue weighted by molar-refractivity contribution is -0.156. The monoisotopic (exact) mass is 378 g/mol. The van der Waals surface area contributed by atoms with Gasteiger partial charge in [0.15, 0.2) is 0 Å². The van der Waals surface area contributed by atoms with Crippen molar-refractivity contribution in [1.82, 2.24) is 0 Å². The molecule has 0 radical (unpaired) electrons. The van der Waals surface area contributed by atoms with E-state index in [2.05, 4.69) is 61.5 Å². The van der Waals surface area contributed by atoms with Crippen LogP contribution in [0.4, 0.5) is 0 Å². The lowest BCUT2D eigenvalue weighted by Crippen LogP contribution is -2.31. The highest BCUT2D eigenvalue weighted by Crippen LogP contribution is 2.36. The molecule has 3 aromatic carbocycles. The van der Waals surface area contributed by atoms with Crippen molar-refractivity contribution < 1.29 is 9.53 Å². The second-order valence-electron chi connectivity index (χ2n) is 7.55. The molecule has 1 aliphatic rings. The first-order valence-corrected chi connectivity index (χ1v) is 11.0. The molecule has 3 heteroatoms. The molecule has 140 valence electrons. The molecular formula is C24H26O2S. The highest BCUT2D eigenvalue weighted by atomic mass is 32.2. The van der Waals surface area contributed by atoms with Crippen molar-refractivity contribution in [1.29, 1.82) is 0 Å². The van der Waals surface area contributed by atoms with Crippen LogP contribution in [0.25, 0.3) is 21.5 Å². The Morgan fingerprint density at radius 1 is 1.00 bits per heavy atom. The summed E-state index contributed by atoms with van der Waals surface area (Å²) in [5.41, 5.74) is 1.10. The third-order valence-electron chi connectivity index (χ3n) is 5.80. The van der Waals surface area contributed by atoms with Crippen LogP contribution in [0.5, 0.6) is 0 Å². The molecular weight excluding hydrogens is 352 g/mol. The molecule has 0 heterocycles. The summed E-state index contributed by atoms with van der Waals surface area (Å²) >= 11 is 1.65. The molecule has 0 amide bonds. The number of hydrogen-bond donors (Lipinski definition) is 0. The fraction of sp³-hybridized carbons (Fsp3) is 0.375. The summed E-state index contributed by atoms with van der Waals surface area (Å²) in [6.07, 6.45) is 5.34. The van der Waals surface area contributed by atoms with E-state index in [9.17, 15) is 4.79 Å². The van der Waals surface area contributed by atoms with Gasteiger partial charge in [0.05, 0.1) is 5.75 Å². The van der Waals surface area contributed by atoms with Crippen LogP contribution in [0.3, 0.4) is 0 Å². The zero-order chi connectivity index (χ0) is 18.7. The van der Waals surface area contributed by atoms with Gasteiger partial charge in [-0.25, -0.2) is 0 Å². The van der Waals surface area contributed by atoms with Crippen LogP contribution in [0, 0.1) is 0 Å². The topological polar surface area (TPSA) is 26.3 Å². The number of esters is 1. The van der Waals surface area contributed by atoms with E-state index in [0.29, 0.717) is 5.75 Å². The van der Waals surface area contributed by atoms with E-state index in [1.807, 2.05) is 0 Å². The molecule has 0 saturated heterocycles. The summed E-state index contributed by atoms with van der Waals surface area (Å²) in [5.74, 6) is 1.18. The van der Waals surface area contributed by atoms with Crippen molar-refractivity contribution in [2.75, 3.05) is 5.75 Å². The minimum absolute atomic E-state index is 0.0607. The van der Waals surface area contributed by atoms with Crippen molar-refractivity contribution >= 4 is 39.3 Å². The number of ether oxygens (including phenoxy) is 1. The molecule has 0 unspecified atom stereocenters. The minimum atomic E-state index is -0.185. The number of hydrogen-bond acceptors (Lipinski definition) is 3. The van der Waals surface area contributed by atoms with Gasteiger partial charge < -0.3 is 4.74 Å². The van der Waals surface area contributed by atoms with E-state index in [1.165, 1.54) is 39.9 Å². The van der Waals surface area contributed by atoms with Crippen LogP contribution in [-0.4, -0.2) is 17.3 Å². The third kappa shape index (κ3) is 3.98. The number of rotatable bonds is 6.